The van der Waals surface area contributed by atoms with Crippen LogP contribution in [0.2, 0.25) is 0 Å². The summed E-state index contributed by atoms with van der Waals surface area (Å²) in [6.07, 6.45) is -4.68. The summed E-state index contributed by atoms with van der Waals surface area (Å²) in [5.41, 5.74) is -0.940. The maximum atomic E-state index is 13.4. The van der Waals surface area contributed by atoms with Gasteiger partial charge in [-0.25, -0.2) is 0 Å². The Morgan fingerprint density at radius 2 is 1.65 bits per heavy atom. The average Bonchev–Trinajstić information content (AvgIpc) is 2.68. The van der Waals surface area contributed by atoms with E-state index in [0.717, 1.165) is 12.1 Å². The first-order chi connectivity index (χ1) is 14.6. The van der Waals surface area contributed by atoms with Crippen molar-refractivity contribution in [1.29, 1.82) is 0 Å². The number of halogens is 3. The fraction of sp³-hybridized carbons (Fsp3) is 0.333. The standard InChI is InChI=1S/C21H24F3N3O4/c1-4-30-15-7-9-19(31-5-2)18(11-15)27-20(29)12-25-17-8-6-14(26-13(3)28)10-16(17)21(22,23)24/h6-11,25H,4-5,12H2,1-3H3,(H,26,28)(H,27,29). The molecule has 0 aliphatic rings. The molecule has 0 saturated carbocycles. The Kier molecular flexibility index (Phi) is 8.12. The Hall–Kier alpha value is -3.43. The monoisotopic (exact) mass is 439 g/mol. The molecule has 0 unspecified atom stereocenters. The first kappa shape index (κ1) is 23.8. The lowest BCUT2D eigenvalue weighted by Gasteiger charge is -2.17. The van der Waals surface area contributed by atoms with Crippen LogP contribution in [0.1, 0.15) is 26.3 Å². The number of hydrogen-bond donors (Lipinski definition) is 3. The minimum Gasteiger partial charge on any atom is -0.494 e. The van der Waals surface area contributed by atoms with Crippen LogP contribution in [-0.4, -0.2) is 31.6 Å². The molecule has 2 aromatic carbocycles. The predicted molar refractivity (Wildman–Crippen MR) is 112 cm³/mol. The van der Waals surface area contributed by atoms with Crippen LogP contribution in [0.5, 0.6) is 11.5 Å². The van der Waals surface area contributed by atoms with Gasteiger partial charge in [0.05, 0.1) is 31.0 Å². The number of anilines is 3. The van der Waals surface area contributed by atoms with Gasteiger partial charge in [-0.3, -0.25) is 9.59 Å². The van der Waals surface area contributed by atoms with Crippen LogP contribution in [0.4, 0.5) is 30.2 Å². The molecule has 0 radical (unpaired) electrons. The molecule has 0 bridgehead atoms. The van der Waals surface area contributed by atoms with Crippen molar-refractivity contribution in [2.45, 2.75) is 26.9 Å². The van der Waals surface area contributed by atoms with E-state index in [2.05, 4.69) is 16.0 Å². The third-order valence-electron chi connectivity index (χ3n) is 3.92. The van der Waals surface area contributed by atoms with Crippen LogP contribution < -0.4 is 25.4 Å². The van der Waals surface area contributed by atoms with E-state index in [9.17, 15) is 22.8 Å². The largest absolute Gasteiger partial charge is 0.494 e. The third-order valence-corrected chi connectivity index (χ3v) is 3.92. The summed E-state index contributed by atoms with van der Waals surface area (Å²) >= 11 is 0. The van der Waals surface area contributed by atoms with Gasteiger partial charge in [-0.05, 0) is 44.2 Å². The molecule has 0 spiro atoms. The van der Waals surface area contributed by atoms with Crippen molar-refractivity contribution >= 4 is 28.9 Å². The van der Waals surface area contributed by atoms with E-state index in [1.807, 2.05) is 6.92 Å². The second-order valence-corrected chi connectivity index (χ2v) is 6.37. The summed E-state index contributed by atoms with van der Waals surface area (Å²) in [6.45, 7) is 5.16. The summed E-state index contributed by atoms with van der Waals surface area (Å²) in [7, 11) is 0. The number of carbonyl (C=O) groups is 2. The lowest BCUT2D eigenvalue weighted by Crippen LogP contribution is -2.23. The van der Waals surface area contributed by atoms with E-state index in [4.69, 9.17) is 9.47 Å². The van der Waals surface area contributed by atoms with E-state index in [1.54, 1.807) is 25.1 Å². The molecule has 10 heteroatoms. The number of alkyl halides is 3. The van der Waals surface area contributed by atoms with Gasteiger partial charge in [-0.15, -0.1) is 0 Å². The molecule has 168 valence electrons. The van der Waals surface area contributed by atoms with Gasteiger partial charge in [-0.1, -0.05) is 0 Å². The molecule has 0 fully saturated rings. The zero-order valence-electron chi connectivity index (χ0n) is 17.4. The Balaban J connectivity index is 2.15. The molecule has 0 saturated heterocycles. The molecule has 2 aromatic rings. The number of benzene rings is 2. The van der Waals surface area contributed by atoms with Crippen molar-refractivity contribution in [3.05, 3.63) is 42.0 Å². The predicted octanol–water partition coefficient (Wildman–Crippen LogP) is 4.51. The van der Waals surface area contributed by atoms with Crippen LogP contribution in [0.15, 0.2) is 36.4 Å². The minimum atomic E-state index is -4.68. The maximum absolute atomic E-state index is 13.4. The molecular formula is C21H24F3N3O4. The van der Waals surface area contributed by atoms with Crippen LogP contribution >= 0.6 is 0 Å². The second kappa shape index (κ2) is 10.6. The van der Waals surface area contributed by atoms with Crippen LogP contribution in [-0.2, 0) is 15.8 Å². The molecule has 2 amide bonds. The molecule has 0 aliphatic carbocycles. The molecule has 0 aliphatic heterocycles. The Bertz CT molecular complexity index is 933. The third kappa shape index (κ3) is 7.09. The average molecular weight is 439 g/mol. The van der Waals surface area contributed by atoms with Crippen molar-refractivity contribution in [3.63, 3.8) is 0 Å². The van der Waals surface area contributed by atoms with Crippen molar-refractivity contribution in [3.8, 4) is 11.5 Å². The fourth-order valence-electron chi connectivity index (χ4n) is 2.73. The van der Waals surface area contributed by atoms with E-state index in [-0.39, 0.29) is 11.4 Å². The first-order valence-electron chi connectivity index (χ1n) is 9.56. The normalized spacial score (nSPS) is 10.9. The van der Waals surface area contributed by atoms with Gasteiger partial charge in [0, 0.05) is 24.4 Å². The van der Waals surface area contributed by atoms with Crippen LogP contribution in [0.25, 0.3) is 0 Å². The summed E-state index contributed by atoms with van der Waals surface area (Å²) in [6, 6.07) is 8.18. The fourth-order valence-corrected chi connectivity index (χ4v) is 2.73. The van der Waals surface area contributed by atoms with E-state index in [1.165, 1.54) is 13.0 Å². The summed E-state index contributed by atoms with van der Waals surface area (Å²) in [5.74, 6) is -0.140. The summed E-state index contributed by atoms with van der Waals surface area (Å²) in [4.78, 5) is 23.5. The van der Waals surface area contributed by atoms with Gasteiger partial charge < -0.3 is 25.4 Å². The smallest absolute Gasteiger partial charge is 0.418 e. The molecule has 0 heterocycles. The zero-order valence-corrected chi connectivity index (χ0v) is 17.4. The van der Waals surface area contributed by atoms with E-state index in [0.29, 0.717) is 30.4 Å². The molecule has 31 heavy (non-hydrogen) atoms. The van der Waals surface area contributed by atoms with Crippen LogP contribution in [0, 0.1) is 0 Å². The first-order valence-corrected chi connectivity index (χ1v) is 9.56. The Morgan fingerprint density at radius 1 is 0.935 bits per heavy atom. The number of rotatable bonds is 9. The highest BCUT2D eigenvalue weighted by Gasteiger charge is 2.34. The molecule has 3 N–H and O–H groups in total. The number of hydrogen-bond acceptors (Lipinski definition) is 5. The van der Waals surface area contributed by atoms with Crippen molar-refractivity contribution in [1.82, 2.24) is 0 Å². The Labute approximate surface area is 177 Å². The van der Waals surface area contributed by atoms with Gasteiger partial charge in [0.15, 0.2) is 0 Å². The number of ether oxygens (including phenoxy) is 2. The van der Waals surface area contributed by atoms with Gasteiger partial charge in [0.2, 0.25) is 11.8 Å². The molecule has 0 atom stereocenters. The quantitative estimate of drug-likeness (QED) is 0.535. The highest BCUT2D eigenvalue weighted by molar-refractivity contribution is 5.95. The molecule has 7 nitrogen and oxygen atoms in total. The van der Waals surface area contributed by atoms with Gasteiger partial charge in [0.1, 0.15) is 11.5 Å². The van der Waals surface area contributed by atoms with Crippen molar-refractivity contribution in [2.24, 2.45) is 0 Å². The highest BCUT2D eigenvalue weighted by atomic mass is 19.4. The zero-order chi connectivity index (χ0) is 23.0. The molecule has 0 aromatic heterocycles. The number of carbonyl (C=O) groups excluding carboxylic acids is 2. The van der Waals surface area contributed by atoms with Crippen LogP contribution in [0.3, 0.4) is 0 Å². The second-order valence-electron chi connectivity index (χ2n) is 6.37. The van der Waals surface area contributed by atoms with Gasteiger partial charge >= 0.3 is 6.18 Å². The molecular weight excluding hydrogens is 415 g/mol. The Morgan fingerprint density at radius 3 is 2.26 bits per heavy atom. The minimum absolute atomic E-state index is 0.00363. The van der Waals surface area contributed by atoms with Gasteiger partial charge in [0.25, 0.3) is 0 Å². The van der Waals surface area contributed by atoms with E-state index < -0.39 is 30.1 Å². The molecule has 2 rings (SSSR count). The SMILES string of the molecule is CCOc1ccc(OCC)c(NC(=O)CNc2ccc(NC(C)=O)cc2C(F)(F)F)c1. The van der Waals surface area contributed by atoms with Crippen molar-refractivity contribution in [2.75, 3.05) is 35.7 Å². The summed E-state index contributed by atoms with van der Waals surface area (Å²) in [5, 5.41) is 7.41. The summed E-state index contributed by atoms with van der Waals surface area (Å²) < 4.78 is 51.1. The maximum Gasteiger partial charge on any atom is 0.418 e. The highest BCUT2D eigenvalue weighted by Crippen LogP contribution is 2.36. The number of amides is 2. The van der Waals surface area contributed by atoms with Crippen molar-refractivity contribution < 1.29 is 32.2 Å². The lowest BCUT2D eigenvalue weighted by molar-refractivity contribution is -0.137. The van der Waals surface area contributed by atoms with Gasteiger partial charge in [-0.2, -0.15) is 13.2 Å². The lowest BCUT2D eigenvalue weighted by atomic mass is 10.1. The topological polar surface area (TPSA) is 88.7 Å². The number of nitrogens with one attached hydrogen (secondary N) is 3. The van der Waals surface area contributed by atoms with E-state index >= 15 is 0 Å².